The fraction of sp³-hybridized carbons (Fsp3) is 0.417. The van der Waals surface area contributed by atoms with Crippen LogP contribution in [0.4, 0.5) is 11.5 Å². The minimum absolute atomic E-state index is 0.532. The predicted molar refractivity (Wildman–Crippen MR) is 125 cm³/mol. The molecule has 0 spiro atoms. The van der Waals surface area contributed by atoms with Gasteiger partial charge in [0.05, 0.1) is 19.4 Å². The normalized spacial score (nSPS) is 16.9. The Kier molecular flexibility index (Phi) is 7.52. The molecule has 1 saturated heterocycles. The summed E-state index contributed by atoms with van der Waals surface area (Å²) in [7, 11) is 0. The summed E-state index contributed by atoms with van der Waals surface area (Å²) in [5, 5.41) is 7.89. The lowest BCUT2D eigenvalue weighted by Crippen LogP contribution is -2.36. The SMILES string of the molecule is Cc1cccc(/C=N/Nc2cc(N3CCOCC3)cc(OCCNC3CC=CC3)n2)c1. The Bertz CT molecular complexity index is 901. The number of anilines is 2. The van der Waals surface area contributed by atoms with E-state index in [0.29, 0.717) is 24.3 Å². The van der Waals surface area contributed by atoms with Gasteiger partial charge in [-0.05, 0) is 25.3 Å². The van der Waals surface area contributed by atoms with Crippen molar-refractivity contribution in [2.75, 3.05) is 49.8 Å². The zero-order valence-corrected chi connectivity index (χ0v) is 18.1. The van der Waals surface area contributed by atoms with Gasteiger partial charge in [-0.1, -0.05) is 42.0 Å². The summed E-state index contributed by atoms with van der Waals surface area (Å²) in [6.45, 7) is 6.60. The fourth-order valence-corrected chi connectivity index (χ4v) is 3.75. The van der Waals surface area contributed by atoms with E-state index in [4.69, 9.17) is 9.47 Å². The lowest BCUT2D eigenvalue weighted by Gasteiger charge is -2.29. The van der Waals surface area contributed by atoms with E-state index in [1.165, 1.54) is 5.56 Å². The highest BCUT2D eigenvalue weighted by Crippen LogP contribution is 2.25. The van der Waals surface area contributed by atoms with E-state index in [1.807, 2.05) is 24.3 Å². The first-order chi connectivity index (χ1) is 15.3. The maximum absolute atomic E-state index is 5.97. The number of hydrogen-bond donors (Lipinski definition) is 2. The predicted octanol–water partition coefficient (Wildman–Crippen LogP) is 3.36. The number of nitrogens with one attached hydrogen (secondary N) is 2. The summed E-state index contributed by atoms with van der Waals surface area (Å²) in [6.07, 6.45) is 8.44. The summed E-state index contributed by atoms with van der Waals surface area (Å²) in [4.78, 5) is 6.89. The lowest BCUT2D eigenvalue weighted by molar-refractivity contribution is 0.122. The number of aromatic nitrogens is 1. The molecule has 2 N–H and O–H groups in total. The summed E-state index contributed by atoms with van der Waals surface area (Å²) in [5.74, 6) is 1.26. The molecule has 1 aromatic carbocycles. The third-order valence-electron chi connectivity index (χ3n) is 5.39. The van der Waals surface area contributed by atoms with Crippen LogP contribution in [0.2, 0.25) is 0 Å². The highest BCUT2D eigenvalue weighted by atomic mass is 16.5. The molecule has 7 nitrogen and oxygen atoms in total. The zero-order valence-electron chi connectivity index (χ0n) is 18.1. The molecule has 4 rings (SSSR count). The third-order valence-corrected chi connectivity index (χ3v) is 5.39. The van der Waals surface area contributed by atoms with E-state index in [1.54, 1.807) is 6.21 Å². The van der Waals surface area contributed by atoms with Crippen molar-refractivity contribution in [2.45, 2.75) is 25.8 Å². The quantitative estimate of drug-likeness (QED) is 0.280. The van der Waals surface area contributed by atoms with Gasteiger partial charge in [0, 0.05) is 43.5 Å². The van der Waals surface area contributed by atoms with Gasteiger partial charge in [0.25, 0.3) is 0 Å². The van der Waals surface area contributed by atoms with Crippen LogP contribution in [0, 0.1) is 6.92 Å². The Morgan fingerprint density at radius 2 is 2.03 bits per heavy atom. The molecule has 2 aromatic rings. The number of ether oxygens (including phenoxy) is 2. The average Bonchev–Trinajstić information content (AvgIpc) is 3.31. The molecule has 0 unspecified atom stereocenters. The highest BCUT2D eigenvalue weighted by Gasteiger charge is 2.14. The number of rotatable bonds is 9. The number of morpholine rings is 1. The standard InChI is InChI=1S/C24H31N5O2/c1-19-5-4-6-20(15-19)18-26-28-23-16-22(29-10-13-30-14-11-29)17-24(27-23)31-12-9-25-21-7-2-3-8-21/h2-6,15-18,21,25H,7-14H2,1H3,(H,27,28)/b26-18+. The zero-order chi connectivity index (χ0) is 21.3. The Hall–Kier alpha value is -2.90. The third kappa shape index (κ3) is 6.54. The lowest BCUT2D eigenvalue weighted by atomic mass is 10.2. The van der Waals surface area contributed by atoms with Crippen LogP contribution in [-0.2, 0) is 4.74 Å². The molecule has 1 fully saturated rings. The van der Waals surface area contributed by atoms with Gasteiger partial charge in [-0.15, -0.1) is 0 Å². The van der Waals surface area contributed by atoms with Crippen LogP contribution in [0.15, 0.2) is 53.7 Å². The first kappa shape index (κ1) is 21.3. The van der Waals surface area contributed by atoms with Gasteiger partial charge in [-0.2, -0.15) is 10.1 Å². The van der Waals surface area contributed by atoms with Crippen molar-refractivity contribution in [1.29, 1.82) is 0 Å². The van der Waals surface area contributed by atoms with Gasteiger partial charge >= 0.3 is 0 Å². The maximum Gasteiger partial charge on any atom is 0.217 e. The second kappa shape index (κ2) is 10.9. The largest absolute Gasteiger partial charge is 0.476 e. The van der Waals surface area contributed by atoms with Crippen LogP contribution in [-0.4, -0.2) is 56.7 Å². The average molecular weight is 422 g/mol. The van der Waals surface area contributed by atoms with Crippen molar-refractivity contribution in [1.82, 2.24) is 10.3 Å². The van der Waals surface area contributed by atoms with E-state index < -0.39 is 0 Å². The second-order valence-electron chi connectivity index (χ2n) is 7.87. The Labute approximate surface area is 184 Å². The Balaban J connectivity index is 1.40. The van der Waals surface area contributed by atoms with Crippen LogP contribution < -0.4 is 20.4 Å². The van der Waals surface area contributed by atoms with E-state index >= 15 is 0 Å². The Morgan fingerprint density at radius 3 is 2.84 bits per heavy atom. The summed E-state index contributed by atoms with van der Waals surface area (Å²) in [6, 6.07) is 12.7. The van der Waals surface area contributed by atoms with Gasteiger partial charge in [0.15, 0.2) is 5.82 Å². The molecular formula is C24H31N5O2. The van der Waals surface area contributed by atoms with Gasteiger partial charge in [0.2, 0.25) is 5.88 Å². The topological polar surface area (TPSA) is 71.0 Å². The number of nitrogens with zero attached hydrogens (tertiary/aromatic N) is 3. The van der Waals surface area contributed by atoms with Crippen molar-refractivity contribution in [2.24, 2.45) is 5.10 Å². The molecule has 1 aliphatic heterocycles. The number of hydrazone groups is 1. The summed E-state index contributed by atoms with van der Waals surface area (Å²) < 4.78 is 11.5. The van der Waals surface area contributed by atoms with Crippen LogP contribution in [0.25, 0.3) is 0 Å². The monoisotopic (exact) mass is 421 g/mol. The smallest absolute Gasteiger partial charge is 0.217 e. The summed E-state index contributed by atoms with van der Waals surface area (Å²) >= 11 is 0. The number of benzene rings is 1. The molecule has 2 heterocycles. The number of hydrogen-bond acceptors (Lipinski definition) is 7. The molecule has 0 radical (unpaired) electrons. The van der Waals surface area contributed by atoms with Crippen LogP contribution in [0.1, 0.15) is 24.0 Å². The van der Waals surface area contributed by atoms with E-state index in [0.717, 1.165) is 56.9 Å². The first-order valence-corrected chi connectivity index (χ1v) is 11.0. The molecule has 0 atom stereocenters. The molecule has 164 valence electrons. The molecule has 0 saturated carbocycles. The van der Waals surface area contributed by atoms with E-state index in [2.05, 4.69) is 56.9 Å². The molecule has 31 heavy (non-hydrogen) atoms. The second-order valence-corrected chi connectivity index (χ2v) is 7.87. The fourth-order valence-electron chi connectivity index (χ4n) is 3.75. The van der Waals surface area contributed by atoms with Crippen LogP contribution in [0.3, 0.4) is 0 Å². The van der Waals surface area contributed by atoms with Crippen molar-refractivity contribution in [3.63, 3.8) is 0 Å². The molecule has 1 aromatic heterocycles. The highest BCUT2D eigenvalue weighted by molar-refractivity contribution is 5.80. The molecular weight excluding hydrogens is 390 g/mol. The van der Waals surface area contributed by atoms with Crippen molar-refractivity contribution in [3.8, 4) is 5.88 Å². The van der Waals surface area contributed by atoms with Gasteiger partial charge < -0.3 is 19.7 Å². The Morgan fingerprint density at radius 1 is 1.19 bits per heavy atom. The molecule has 2 aliphatic rings. The first-order valence-electron chi connectivity index (χ1n) is 11.0. The summed E-state index contributed by atoms with van der Waals surface area (Å²) in [5.41, 5.74) is 6.37. The molecule has 0 amide bonds. The van der Waals surface area contributed by atoms with Crippen molar-refractivity contribution < 1.29 is 9.47 Å². The van der Waals surface area contributed by atoms with Crippen molar-refractivity contribution in [3.05, 3.63) is 59.7 Å². The minimum atomic E-state index is 0.532. The molecule has 0 bridgehead atoms. The van der Waals surface area contributed by atoms with Crippen LogP contribution in [0.5, 0.6) is 5.88 Å². The van der Waals surface area contributed by atoms with Crippen molar-refractivity contribution >= 4 is 17.7 Å². The molecule has 1 aliphatic carbocycles. The number of pyridine rings is 1. The maximum atomic E-state index is 5.97. The van der Waals surface area contributed by atoms with E-state index in [9.17, 15) is 0 Å². The van der Waals surface area contributed by atoms with Gasteiger partial charge in [-0.3, -0.25) is 5.43 Å². The molecule has 7 heteroatoms. The minimum Gasteiger partial charge on any atom is -0.476 e. The number of aryl methyl sites for hydroxylation is 1. The van der Waals surface area contributed by atoms with Crippen LogP contribution >= 0.6 is 0 Å². The van der Waals surface area contributed by atoms with Gasteiger partial charge in [-0.25, -0.2) is 0 Å². The van der Waals surface area contributed by atoms with Gasteiger partial charge in [0.1, 0.15) is 6.61 Å². The van der Waals surface area contributed by atoms with E-state index in [-0.39, 0.29) is 0 Å².